The van der Waals surface area contributed by atoms with Gasteiger partial charge < -0.3 is 14.2 Å². The quantitative estimate of drug-likeness (QED) is 0.410. The number of fused-ring (bicyclic) bond motifs is 2. The van der Waals surface area contributed by atoms with Gasteiger partial charge in [-0.15, -0.1) is 0 Å². The summed E-state index contributed by atoms with van der Waals surface area (Å²) < 4.78 is 17.7. The van der Waals surface area contributed by atoms with Gasteiger partial charge in [0.2, 0.25) is 0 Å². The maximum Gasteiger partial charge on any atom is 0.163 e. The third kappa shape index (κ3) is 3.94. The number of rotatable bonds is 6. The van der Waals surface area contributed by atoms with E-state index in [0.717, 1.165) is 33.2 Å². The van der Waals surface area contributed by atoms with Crippen molar-refractivity contribution in [3.8, 4) is 23.0 Å². The van der Waals surface area contributed by atoms with E-state index in [9.17, 15) is 0 Å². The summed E-state index contributed by atoms with van der Waals surface area (Å²) in [6.45, 7) is 6.78. The van der Waals surface area contributed by atoms with Crippen molar-refractivity contribution in [3.63, 3.8) is 0 Å². The molecule has 0 saturated carbocycles. The first kappa shape index (κ1) is 19.0. The van der Waals surface area contributed by atoms with Gasteiger partial charge in [-0.3, -0.25) is 4.98 Å². The molecule has 0 radical (unpaired) electrons. The predicted molar refractivity (Wildman–Crippen MR) is 115 cm³/mol. The normalized spacial score (nSPS) is 11.2. The van der Waals surface area contributed by atoms with Crippen LogP contribution in [0.5, 0.6) is 23.0 Å². The van der Waals surface area contributed by atoms with Gasteiger partial charge in [0.1, 0.15) is 11.5 Å². The van der Waals surface area contributed by atoms with E-state index in [2.05, 4.69) is 23.8 Å². The molecule has 0 N–H and O–H groups in total. The molecular formula is C24H24N2O3. The van der Waals surface area contributed by atoms with E-state index in [-0.39, 0.29) is 0 Å². The summed E-state index contributed by atoms with van der Waals surface area (Å²) in [5.41, 5.74) is 2.57. The third-order valence-electron chi connectivity index (χ3n) is 4.65. The maximum atomic E-state index is 6.27. The van der Waals surface area contributed by atoms with Gasteiger partial charge in [-0.25, -0.2) is 4.98 Å². The molecule has 0 bridgehead atoms. The smallest absolute Gasteiger partial charge is 0.163 e. The van der Waals surface area contributed by atoms with E-state index in [4.69, 9.17) is 14.2 Å². The first-order chi connectivity index (χ1) is 14.0. The molecular weight excluding hydrogens is 364 g/mol. The van der Waals surface area contributed by atoms with E-state index in [1.807, 2.05) is 55.5 Å². The average molecular weight is 388 g/mol. The Kier molecular flexibility index (Phi) is 5.21. The first-order valence-electron chi connectivity index (χ1n) is 9.69. The molecule has 0 aliphatic rings. The van der Waals surface area contributed by atoms with Gasteiger partial charge in [-0.05, 0) is 37.1 Å². The van der Waals surface area contributed by atoms with Crippen LogP contribution in [0, 0.1) is 12.8 Å². The number of ether oxygens (including phenoxy) is 3. The molecule has 5 heteroatoms. The van der Waals surface area contributed by atoms with Crippen molar-refractivity contribution in [1.29, 1.82) is 0 Å². The topological polar surface area (TPSA) is 53.5 Å². The Morgan fingerprint density at radius 3 is 2.52 bits per heavy atom. The summed E-state index contributed by atoms with van der Waals surface area (Å²) in [5.74, 6) is 3.17. The third-order valence-corrected chi connectivity index (χ3v) is 4.65. The van der Waals surface area contributed by atoms with Crippen molar-refractivity contribution in [2.45, 2.75) is 20.8 Å². The molecule has 0 atom stereocenters. The van der Waals surface area contributed by atoms with E-state index in [1.54, 1.807) is 13.3 Å². The van der Waals surface area contributed by atoms with Gasteiger partial charge in [0.15, 0.2) is 11.5 Å². The molecule has 2 aromatic heterocycles. The monoisotopic (exact) mass is 388 g/mol. The van der Waals surface area contributed by atoms with Crippen LogP contribution in [0.15, 0.2) is 54.7 Å². The molecule has 0 amide bonds. The van der Waals surface area contributed by atoms with Gasteiger partial charge >= 0.3 is 0 Å². The summed E-state index contributed by atoms with van der Waals surface area (Å²) in [6, 6.07) is 15.7. The molecule has 0 spiro atoms. The highest BCUT2D eigenvalue weighted by molar-refractivity contribution is 5.88. The fraction of sp³-hybridized carbons (Fsp3) is 0.250. The van der Waals surface area contributed by atoms with Crippen LogP contribution in [-0.4, -0.2) is 23.7 Å². The minimum atomic E-state index is 0.418. The SMILES string of the molecule is COc1cc2c(Oc3cc4ccccc4nc3C)ccnc2cc1OCC(C)C. The number of benzene rings is 2. The Morgan fingerprint density at radius 2 is 1.72 bits per heavy atom. The number of aryl methyl sites for hydroxylation is 1. The van der Waals surface area contributed by atoms with Crippen molar-refractivity contribution < 1.29 is 14.2 Å². The first-order valence-corrected chi connectivity index (χ1v) is 9.69. The van der Waals surface area contributed by atoms with Crippen molar-refractivity contribution in [2.75, 3.05) is 13.7 Å². The Labute approximate surface area is 170 Å². The molecule has 0 aliphatic heterocycles. The van der Waals surface area contributed by atoms with Crippen LogP contribution in [0.4, 0.5) is 0 Å². The van der Waals surface area contributed by atoms with Crippen LogP contribution in [0.2, 0.25) is 0 Å². The summed E-state index contributed by atoms with van der Waals surface area (Å²) in [7, 11) is 1.64. The lowest BCUT2D eigenvalue weighted by Gasteiger charge is -2.15. The zero-order chi connectivity index (χ0) is 20.4. The van der Waals surface area contributed by atoms with Crippen molar-refractivity contribution in [1.82, 2.24) is 9.97 Å². The van der Waals surface area contributed by atoms with Crippen LogP contribution in [-0.2, 0) is 0 Å². The number of aromatic nitrogens is 2. The predicted octanol–water partition coefficient (Wildman–Crippen LogP) is 5.93. The van der Waals surface area contributed by atoms with E-state index in [0.29, 0.717) is 29.8 Å². The minimum Gasteiger partial charge on any atom is -0.493 e. The molecule has 2 aromatic carbocycles. The van der Waals surface area contributed by atoms with Crippen LogP contribution >= 0.6 is 0 Å². The Hall–Kier alpha value is -3.34. The van der Waals surface area contributed by atoms with Crippen molar-refractivity contribution >= 4 is 21.8 Å². The van der Waals surface area contributed by atoms with Crippen molar-refractivity contribution in [2.24, 2.45) is 5.92 Å². The fourth-order valence-corrected chi connectivity index (χ4v) is 3.16. The molecule has 5 nitrogen and oxygen atoms in total. The largest absolute Gasteiger partial charge is 0.493 e. The molecule has 148 valence electrons. The zero-order valence-corrected chi connectivity index (χ0v) is 17.1. The van der Waals surface area contributed by atoms with E-state index >= 15 is 0 Å². The average Bonchev–Trinajstić information content (AvgIpc) is 2.72. The molecule has 2 heterocycles. The number of nitrogens with zero attached hydrogens (tertiary/aromatic N) is 2. The lowest BCUT2D eigenvalue weighted by molar-refractivity contribution is 0.257. The highest BCUT2D eigenvalue weighted by atomic mass is 16.5. The molecule has 0 fully saturated rings. The maximum absolute atomic E-state index is 6.27. The minimum absolute atomic E-state index is 0.418. The number of methoxy groups -OCH3 is 1. The number of para-hydroxylation sites is 1. The fourth-order valence-electron chi connectivity index (χ4n) is 3.16. The second kappa shape index (κ2) is 7.95. The highest BCUT2D eigenvalue weighted by Crippen LogP contribution is 2.38. The number of hydrogen-bond acceptors (Lipinski definition) is 5. The molecule has 0 saturated heterocycles. The molecule has 29 heavy (non-hydrogen) atoms. The number of hydrogen-bond donors (Lipinski definition) is 0. The summed E-state index contributed by atoms with van der Waals surface area (Å²) in [4.78, 5) is 9.14. The summed E-state index contributed by atoms with van der Waals surface area (Å²) >= 11 is 0. The van der Waals surface area contributed by atoms with Crippen LogP contribution in [0.25, 0.3) is 21.8 Å². The lowest BCUT2D eigenvalue weighted by Crippen LogP contribution is -2.05. The highest BCUT2D eigenvalue weighted by Gasteiger charge is 2.14. The Bertz CT molecular complexity index is 1170. The van der Waals surface area contributed by atoms with Crippen LogP contribution in [0.1, 0.15) is 19.5 Å². The molecule has 0 unspecified atom stereocenters. The second-order valence-corrected chi connectivity index (χ2v) is 7.40. The van der Waals surface area contributed by atoms with Gasteiger partial charge in [0, 0.05) is 23.0 Å². The lowest BCUT2D eigenvalue weighted by atomic mass is 10.1. The number of pyridine rings is 2. The summed E-state index contributed by atoms with van der Waals surface area (Å²) in [6.07, 6.45) is 1.74. The molecule has 4 aromatic rings. The van der Waals surface area contributed by atoms with Gasteiger partial charge in [0.25, 0.3) is 0 Å². The zero-order valence-electron chi connectivity index (χ0n) is 17.1. The summed E-state index contributed by atoms with van der Waals surface area (Å²) in [5, 5.41) is 1.89. The van der Waals surface area contributed by atoms with Gasteiger partial charge in [-0.2, -0.15) is 0 Å². The molecule has 4 rings (SSSR count). The van der Waals surface area contributed by atoms with E-state index in [1.165, 1.54) is 0 Å². The second-order valence-electron chi connectivity index (χ2n) is 7.40. The van der Waals surface area contributed by atoms with Gasteiger partial charge in [0.05, 0.1) is 30.4 Å². The molecule has 0 aliphatic carbocycles. The van der Waals surface area contributed by atoms with Crippen LogP contribution in [0.3, 0.4) is 0 Å². The van der Waals surface area contributed by atoms with E-state index < -0.39 is 0 Å². The van der Waals surface area contributed by atoms with Gasteiger partial charge in [-0.1, -0.05) is 32.0 Å². The van der Waals surface area contributed by atoms with Crippen LogP contribution < -0.4 is 14.2 Å². The standard InChI is InChI=1S/C24H24N2O3/c1-15(2)14-28-24-13-20-18(12-23(24)27-4)21(9-10-25-20)29-22-11-17-7-5-6-8-19(17)26-16(22)3/h5-13,15H,14H2,1-4H3. The van der Waals surface area contributed by atoms with Crippen molar-refractivity contribution in [3.05, 3.63) is 60.4 Å². The Morgan fingerprint density at radius 1 is 0.897 bits per heavy atom. The Balaban J connectivity index is 1.75.